The van der Waals surface area contributed by atoms with E-state index in [0.717, 1.165) is 0 Å². The number of aliphatic hydroxyl groups excluding tert-OH is 1. The van der Waals surface area contributed by atoms with Gasteiger partial charge in [-0.1, -0.05) is 25.1 Å². The van der Waals surface area contributed by atoms with Crippen LogP contribution in [-0.4, -0.2) is 71.2 Å². The molecule has 3 fully saturated rings. The summed E-state index contributed by atoms with van der Waals surface area (Å²) < 4.78 is 29.9. The van der Waals surface area contributed by atoms with Gasteiger partial charge < -0.3 is 28.8 Å². The van der Waals surface area contributed by atoms with Gasteiger partial charge in [-0.25, -0.2) is 4.79 Å². The number of carbonyl (C=O) groups excluding carboxylic acids is 4. The number of fused-ring (bicyclic) bond motifs is 1. The molecule has 2 saturated carbocycles. The Morgan fingerprint density at radius 2 is 1.58 bits per heavy atom. The number of esters is 4. The number of carbonyl (C=O) groups is 4. The minimum Gasteiger partial charge on any atom is -0.465 e. The smallest absolute Gasteiger partial charge is 0.338 e. The highest BCUT2D eigenvalue weighted by Gasteiger charge is 2.81. The van der Waals surface area contributed by atoms with E-state index in [1.54, 1.807) is 30.3 Å². The Morgan fingerprint density at radius 1 is 0.947 bits per heavy atom. The number of hydrogen-bond donors (Lipinski definition) is 1. The highest BCUT2D eigenvalue weighted by molar-refractivity contribution is 5.89. The average molecular weight is 533 g/mol. The van der Waals surface area contributed by atoms with Crippen LogP contribution in [0, 0.1) is 17.3 Å². The van der Waals surface area contributed by atoms with Gasteiger partial charge >= 0.3 is 23.9 Å². The topological polar surface area (TPSA) is 135 Å². The summed E-state index contributed by atoms with van der Waals surface area (Å²) in [5.74, 6) is -3.28. The van der Waals surface area contributed by atoms with Crippen LogP contribution in [0.2, 0.25) is 0 Å². The molecule has 0 amide bonds. The molecule has 1 aliphatic heterocycles. The van der Waals surface area contributed by atoms with Crippen molar-refractivity contribution in [3.63, 3.8) is 0 Å². The van der Waals surface area contributed by atoms with Gasteiger partial charge in [-0.05, 0) is 44.7 Å². The molecule has 3 aliphatic rings. The van der Waals surface area contributed by atoms with Crippen LogP contribution >= 0.6 is 0 Å². The van der Waals surface area contributed by atoms with E-state index in [-0.39, 0.29) is 12.8 Å². The van der Waals surface area contributed by atoms with Crippen LogP contribution < -0.4 is 0 Å². The lowest BCUT2D eigenvalue weighted by atomic mass is 9.48. The van der Waals surface area contributed by atoms with Crippen LogP contribution in [0.25, 0.3) is 0 Å². The number of aliphatic hydroxyl groups is 1. The van der Waals surface area contributed by atoms with Crippen LogP contribution in [0.5, 0.6) is 0 Å². The first-order chi connectivity index (χ1) is 17.8. The van der Waals surface area contributed by atoms with Crippen molar-refractivity contribution in [3.8, 4) is 0 Å². The van der Waals surface area contributed by atoms with Crippen LogP contribution in [0.1, 0.15) is 64.7 Å². The third-order valence-electron chi connectivity index (χ3n) is 8.46. The lowest BCUT2D eigenvalue weighted by Gasteiger charge is -2.63. The lowest BCUT2D eigenvalue weighted by molar-refractivity contribution is -0.317. The maximum atomic E-state index is 13.3. The first-order valence-corrected chi connectivity index (χ1v) is 12.9. The Balaban J connectivity index is 1.93. The van der Waals surface area contributed by atoms with Gasteiger partial charge in [0.1, 0.15) is 42.0 Å². The van der Waals surface area contributed by atoms with Crippen molar-refractivity contribution in [2.75, 3.05) is 6.61 Å². The highest BCUT2D eigenvalue weighted by Crippen LogP contribution is 2.67. The van der Waals surface area contributed by atoms with Crippen LogP contribution in [0.4, 0.5) is 0 Å². The molecular formula is C28H36O10. The average Bonchev–Trinajstić information content (AvgIpc) is 2.99. The minimum absolute atomic E-state index is 0.142. The lowest BCUT2D eigenvalue weighted by Crippen LogP contribution is -2.78. The quantitative estimate of drug-likeness (QED) is 0.430. The third-order valence-corrected chi connectivity index (χ3v) is 8.46. The predicted molar refractivity (Wildman–Crippen MR) is 132 cm³/mol. The minimum atomic E-state index is -1.63. The SMILES string of the molecule is CC(=O)OC[C@]12[C@@H](OC(=O)c3ccccc3)C[C@@H]3[C@H](OC(C)=O)[C@]1(OC3(C)C)[C@H](C)C[C@H](OC(C)=O)[C@@H]2O. The molecule has 1 N–H and O–H groups in total. The van der Waals surface area contributed by atoms with Gasteiger partial charge in [-0.3, -0.25) is 14.4 Å². The molecule has 4 rings (SSSR count). The summed E-state index contributed by atoms with van der Waals surface area (Å²) in [5, 5.41) is 12.0. The zero-order valence-corrected chi connectivity index (χ0v) is 22.6. The number of ether oxygens (including phenoxy) is 5. The van der Waals surface area contributed by atoms with Crippen molar-refractivity contribution < 1.29 is 48.0 Å². The largest absolute Gasteiger partial charge is 0.465 e. The summed E-state index contributed by atoms with van der Waals surface area (Å²) in [6.07, 6.45) is -4.05. The summed E-state index contributed by atoms with van der Waals surface area (Å²) in [7, 11) is 0. The first-order valence-electron chi connectivity index (χ1n) is 12.9. The molecule has 2 aliphatic carbocycles. The monoisotopic (exact) mass is 532 g/mol. The second-order valence-corrected chi connectivity index (χ2v) is 11.2. The molecule has 208 valence electrons. The normalized spacial score (nSPS) is 36.9. The molecule has 10 heteroatoms. The number of benzene rings is 1. The Bertz CT molecular complexity index is 1100. The summed E-state index contributed by atoms with van der Waals surface area (Å²) >= 11 is 0. The number of rotatable bonds is 6. The standard InChI is InChI=1S/C28H36O10/c1-15-12-21(35-17(3)30)23(32)27(14-34-16(2)29)22(37-25(33)19-10-8-7-9-11-19)13-20-24(36-18(4)31)28(15,27)38-26(20,5)6/h7-11,15,20-24,32H,12-14H2,1-6H3/t15-,20-,21+,22+,23+,24+,27-,28-/m1/s1. The van der Waals surface area contributed by atoms with Gasteiger partial charge in [0, 0.05) is 26.7 Å². The van der Waals surface area contributed by atoms with Crippen molar-refractivity contribution in [2.24, 2.45) is 17.3 Å². The molecule has 38 heavy (non-hydrogen) atoms. The Labute approximate surface area is 221 Å². The third kappa shape index (κ3) is 4.37. The van der Waals surface area contributed by atoms with Crippen molar-refractivity contribution in [2.45, 2.75) is 90.0 Å². The molecule has 0 radical (unpaired) electrons. The van der Waals surface area contributed by atoms with Gasteiger partial charge in [0.25, 0.3) is 0 Å². The fourth-order valence-corrected chi connectivity index (χ4v) is 7.05. The summed E-state index contributed by atoms with van der Waals surface area (Å²) in [4.78, 5) is 49.8. The van der Waals surface area contributed by atoms with E-state index in [0.29, 0.717) is 5.56 Å². The van der Waals surface area contributed by atoms with E-state index in [4.69, 9.17) is 23.7 Å². The summed E-state index contributed by atoms with van der Waals surface area (Å²) in [6.45, 7) is 8.91. The van der Waals surface area contributed by atoms with Crippen molar-refractivity contribution in [1.82, 2.24) is 0 Å². The molecule has 0 aromatic heterocycles. The molecule has 1 saturated heterocycles. The second-order valence-electron chi connectivity index (χ2n) is 11.2. The molecule has 1 aromatic rings. The second kappa shape index (κ2) is 9.96. The van der Waals surface area contributed by atoms with Gasteiger partial charge in [0.15, 0.2) is 0 Å². The van der Waals surface area contributed by atoms with Crippen molar-refractivity contribution >= 4 is 23.9 Å². The Kier molecular flexibility index (Phi) is 7.35. The van der Waals surface area contributed by atoms with E-state index in [1.807, 2.05) is 20.8 Å². The Hall–Kier alpha value is -2.98. The van der Waals surface area contributed by atoms with E-state index < -0.39 is 83.4 Å². The van der Waals surface area contributed by atoms with Crippen molar-refractivity contribution in [3.05, 3.63) is 35.9 Å². The van der Waals surface area contributed by atoms with Gasteiger partial charge in [0.2, 0.25) is 0 Å². The molecule has 1 heterocycles. The molecule has 1 spiro atoms. The first kappa shape index (κ1) is 28.0. The van der Waals surface area contributed by atoms with Gasteiger partial charge in [0.05, 0.1) is 11.2 Å². The highest BCUT2D eigenvalue weighted by atomic mass is 16.6. The van der Waals surface area contributed by atoms with E-state index >= 15 is 0 Å². The molecule has 0 unspecified atom stereocenters. The fourth-order valence-electron chi connectivity index (χ4n) is 7.05. The Morgan fingerprint density at radius 3 is 2.16 bits per heavy atom. The predicted octanol–water partition coefficient (Wildman–Crippen LogP) is 2.59. The fraction of sp³-hybridized carbons (Fsp3) is 0.643. The summed E-state index contributed by atoms with van der Waals surface area (Å²) in [6, 6.07) is 8.39. The van der Waals surface area contributed by atoms with E-state index in [1.165, 1.54) is 20.8 Å². The van der Waals surface area contributed by atoms with E-state index in [2.05, 4.69) is 0 Å². The zero-order valence-electron chi connectivity index (χ0n) is 22.6. The molecule has 2 bridgehead atoms. The molecule has 8 atom stereocenters. The van der Waals surface area contributed by atoms with Gasteiger partial charge in [-0.2, -0.15) is 0 Å². The van der Waals surface area contributed by atoms with Crippen molar-refractivity contribution in [1.29, 1.82) is 0 Å². The number of hydrogen-bond acceptors (Lipinski definition) is 10. The van der Waals surface area contributed by atoms with Crippen LogP contribution in [-0.2, 0) is 38.1 Å². The summed E-state index contributed by atoms with van der Waals surface area (Å²) in [5.41, 5.74) is -3.63. The van der Waals surface area contributed by atoms with Crippen LogP contribution in [0.3, 0.4) is 0 Å². The van der Waals surface area contributed by atoms with Crippen LogP contribution in [0.15, 0.2) is 30.3 Å². The molecular weight excluding hydrogens is 496 g/mol. The maximum Gasteiger partial charge on any atom is 0.338 e. The zero-order chi connectivity index (χ0) is 28.0. The molecule has 10 nitrogen and oxygen atoms in total. The van der Waals surface area contributed by atoms with E-state index in [9.17, 15) is 24.3 Å². The molecule has 1 aromatic carbocycles. The van der Waals surface area contributed by atoms with Gasteiger partial charge in [-0.15, -0.1) is 0 Å². The maximum absolute atomic E-state index is 13.3.